The summed E-state index contributed by atoms with van der Waals surface area (Å²) in [7, 11) is 0.362. The Morgan fingerprint density at radius 3 is 2.57 bits per heavy atom. The molecule has 0 radical (unpaired) electrons. The molecule has 1 aromatic heterocycles. The van der Waals surface area contributed by atoms with Crippen LogP contribution in [0.3, 0.4) is 0 Å². The molecule has 4 N–H and O–H groups in total. The number of pyridine rings is 1. The molecule has 2 amide bonds. The molecule has 5 rings (SSSR count). The molecule has 1 fully saturated rings. The smallest absolute Gasteiger partial charge is 0.272 e. The van der Waals surface area contributed by atoms with Gasteiger partial charge in [-0.15, -0.1) is 0 Å². The molecule has 2 atom stereocenters. The number of nitrogens with zero attached hydrogens (tertiary/aromatic N) is 2. The monoisotopic (exact) mass is 667 g/mol. The number of fused-ring (bicyclic) bond motifs is 1. The zero-order valence-electron chi connectivity index (χ0n) is 26.0. The molecule has 4 aromatic rings. The van der Waals surface area contributed by atoms with Crippen LogP contribution >= 0.6 is 0 Å². The van der Waals surface area contributed by atoms with Gasteiger partial charge in [-0.05, 0) is 72.4 Å². The van der Waals surface area contributed by atoms with Gasteiger partial charge in [0, 0.05) is 52.3 Å². The number of carbonyl (C=O) groups excluding carboxylic acids is 2. The first kappa shape index (κ1) is 33.7. The zero-order valence-corrected chi connectivity index (χ0v) is 26.8. The number of halogens is 3. The minimum Gasteiger partial charge on any atom is -0.487 e. The van der Waals surface area contributed by atoms with E-state index in [1.54, 1.807) is 67.7 Å². The van der Waals surface area contributed by atoms with Gasteiger partial charge in [0.2, 0.25) is 11.8 Å². The second kappa shape index (κ2) is 14.8. The third kappa shape index (κ3) is 8.59. The van der Waals surface area contributed by atoms with Crippen molar-refractivity contribution in [3.8, 4) is 5.75 Å². The van der Waals surface area contributed by atoms with Crippen molar-refractivity contribution in [1.29, 1.82) is 0 Å². The zero-order chi connectivity index (χ0) is 33.7. The molecule has 1 aliphatic rings. The van der Waals surface area contributed by atoms with E-state index in [1.807, 2.05) is 6.92 Å². The molecule has 13 heteroatoms. The Morgan fingerprint density at radius 1 is 1.09 bits per heavy atom. The van der Waals surface area contributed by atoms with E-state index in [-0.39, 0.29) is 53.7 Å². The second-order valence-corrected chi connectivity index (χ2v) is 13.3. The van der Waals surface area contributed by atoms with Crippen LogP contribution in [0.5, 0.6) is 5.75 Å². The van der Waals surface area contributed by atoms with Crippen LogP contribution in [0.2, 0.25) is 0 Å². The highest BCUT2D eigenvalue weighted by atomic mass is 32.2. The van der Waals surface area contributed by atoms with Gasteiger partial charge in [-0.1, -0.05) is 25.1 Å². The summed E-state index contributed by atoms with van der Waals surface area (Å²) in [6.45, 7) is 1.13. The average Bonchev–Trinajstić information content (AvgIpc) is 3.90. The number of rotatable bonds is 14. The van der Waals surface area contributed by atoms with Crippen molar-refractivity contribution < 1.29 is 31.7 Å². The van der Waals surface area contributed by atoms with E-state index in [0.29, 0.717) is 38.5 Å². The van der Waals surface area contributed by atoms with Crippen molar-refractivity contribution >= 4 is 50.6 Å². The van der Waals surface area contributed by atoms with Crippen molar-refractivity contribution in [3.05, 3.63) is 83.8 Å². The maximum Gasteiger partial charge on any atom is 0.272 e. The number of alkyl halides is 2. The Balaban J connectivity index is 1.25. The van der Waals surface area contributed by atoms with Gasteiger partial charge in [0.25, 0.3) is 6.43 Å². The molecule has 0 aliphatic heterocycles. The number of aromatic nitrogens is 1. The van der Waals surface area contributed by atoms with Crippen LogP contribution in [0.15, 0.2) is 71.8 Å². The van der Waals surface area contributed by atoms with Gasteiger partial charge >= 0.3 is 0 Å². The Bertz CT molecular complexity index is 1800. The maximum absolute atomic E-state index is 14.3. The SMILES string of the molecule is C[C@@H](CC(=O)Nc1ccc(S(=O)C2CC2)c(CN(C)C(=O)CNc2ccc3c(N)ncc(F)c3c2)c1)c1ccccc1OCC(F)F. The van der Waals surface area contributed by atoms with Gasteiger partial charge in [0.15, 0.2) is 0 Å². The van der Waals surface area contributed by atoms with Gasteiger partial charge in [-0.2, -0.15) is 0 Å². The summed E-state index contributed by atoms with van der Waals surface area (Å²) < 4.78 is 58.2. The summed E-state index contributed by atoms with van der Waals surface area (Å²) in [4.78, 5) is 32.1. The van der Waals surface area contributed by atoms with Gasteiger partial charge < -0.3 is 26.0 Å². The van der Waals surface area contributed by atoms with Gasteiger partial charge in [-0.25, -0.2) is 18.2 Å². The first-order valence-corrected chi connectivity index (χ1v) is 16.4. The van der Waals surface area contributed by atoms with Crippen LogP contribution in [0, 0.1) is 5.82 Å². The minimum atomic E-state index is -2.62. The number of nitrogen functional groups attached to an aromatic ring is 1. The Hall–Kier alpha value is -4.65. The van der Waals surface area contributed by atoms with Crippen molar-refractivity contribution in [2.45, 2.75) is 55.2 Å². The fourth-order valence-electron chi connectivity index (χ4n) is 5.21. The third-order valence-electron chi connectivity index (χ3n) is 7.84. The first-order valence-electron chi connectivity index (χ1n) is 15.1. The summed E-state index contributed by atoms with van der Waals surface area (Å²) in [5.74, 6) is -0.907. The number of nitrogens with two attached hydrogens (primary N) is 1. The molecule has 1 saturated carbocycles. The number of para-hydroxylation sites is 1. The molecule has 1 heterocycles. The minimum absolute atomic E-state index is 0.0580. The highest BCUT2D eigenvalue weighted by molar-refractivity contribution is 7.86. The number of nitrogens with one attached hydrogen (secondary N) is 2. The number of benzene rings is 3. The highest BCUT2D eigenvalue weighted by Gasteiger charge is 2.31. The standard InChI is InChI=1S/C34H36F3N5O4S/c1-20(25-5-3-4-6-29(25)46-19-31(36)37)13-32(43)41-23-8-12-30(47(45)24-9-10-24)21(14-23)18-42(2)33(44)17-39-22-7-11-26-27(15-22)28(35)16-40-34(26)38/h3-8,11-12,14-16,20,24,31,39H,9-10,13,17-19H2,1-2H3,(H2,38,40)(H,41,43)/t20-,47?/m0/s1. The summed E-state index contributed by atoms with van der Waals surface area (Å²) >= 11 is 0. The van der Waals surface area contributed by atoms with Crippen molar-refractivity contribution in [3.63, 3.8) is 0 Å². The van der Waals surface area contributed by atoms with Crippen LogP contribution in [-0.4, -0.2) is 57.8 Å². The molecule has 1 unspecified atom stereocenters. The Kier molecular flexibility index (Phi) is 10.6. The lowest BCUT2D eigenvalue weighted by Gasteiger charge is -2.21. The van der Waals surface area contributed by atoms with E-state index in [9.17, 15) is 27.0 Å². The number of hydrogen-bond donors (Lipinski definition) is 3. The summed E-state index contributed by atoms with van der Waals surface area (Å²) in [6.07, 6.45) is 0.211. The lowest BCUT2D eigenvalue weighted by atomic mass is 9.96. The Morgan fingerprint density at radius 2 is 1.83 bits per heavy atom. The lowest BCUT2D eigenvalue weighted by Crippen LogP contribution is -2.32. The van der Waals surface area contributed by atoms with Crippen LogP contribution in [-0.2, 0) is 26.9 Å². The van der Waals surface area contributed by atoms with Crippen molar-refractivity contribution in [2.75, 3.05) is 36.6 Å². The fraction of sp³-hybridized carbons (Fsp3) is 0.324. The van der Waals surface area contributed by atoms with E-state index in [4.69, 9.17) is 10.5 Å². The molecule has 0 bridgehead atoms. The van der Waals surface area contributed by atoms with E-state index in [2.05, 4.69) is 15.6 Å². The first-order chi connectivity index (χ1) is 22.5. The molecule has 9 nitrogen and oxygen atoms in total. The van der Waals surface area contributed by atoms with Crippen molar-refractivity contribution in [1.82, 2.24) is 9.88 Å². The number of carbonyl (C=O) groups is 2. The van der Waals surface area contributed by atoms with Crippen LogP contribution in [0.1, 0.15) is 43.2 Å². The van der Waals surface area contributed by atoms with E-state index in [1.165, 1.54) is 4.90 Å². The normalized spacial score (nSPS) is 14.1. The number of ether oxygens (including phenoxy) is 1. The molecule has 248 valence electrons. The number of hydrogen-bond acceptors (Lipinski definition) is 7. The van der Waals surface area contributed by atoms with Gasteiger partial charge in [-0.3, -0.25) is 13.8 Å². The molecule has 47 heavy (non-hydrogen) atoms. The number of anilines is 3. The second-order valence-electron chi connectivity index (χ2n) is 11.6. The Labute approximate surface area is 273 Å². The molecule has 0 spiro atoms. The van der Waals surface area contributed by atoms with Crippen molar-refractivity contribution in [2.24, 2.45) is 0 Å². The van der Waals surface area contributed by atoms with Gasteiger partial charge in [0.05, 0.1) is 23.5 Å². The molecular weight excluding hydrogens is 631 g/mol. The van der Waals surface area contributed by atoms with E-state index >= 15 is 0 Å². The summed E-state index contributed by atoms with van der Waals surface area (Å²) in [5.41, 5.74) is 8.13. The predicted molar refractivity (Wildman–Crippen MR) is 177 cm³/mol. The predicted octanol–water partition coefficient (Wildman–Crippen LogP) is 6.07. The fourth-order valence-corrected chi connectivity index (χ4v) is 6.71. The van der Waals surface area contributed by atoms with E-state index in [0.717, 1.165) is 19.0 Å². The van der Waals surface area contributed by atoms with E-state index < -0.39 is 29.6 Å². The van der Waals surface area contributed by atoms with Crippen LogP contribution in [0.4, 0.5) is 30.4 Å². The quantitative estimate of drug-likeness (QED) is 0.149. The molecule has 1 aliphatic carbocycles. The topological polar surface area (TPSA) is 127 Å². The van der Waals surface area contributed by atoms with Gasteiger partial charge in [0.1, 0.15) is 24.0 Å². The molecule has 0 saturated heterocycles. The number of likely N-dealkylation sites (N-methyl/N-ethyl adjacent to an activating group) is 1. The van der Waals surface area contributed by atoms with Crippen LogP contribution < -0.4 is 21.1 Å². The highest BCUT2D eigenvalue weighted by Crippen LogP contribution is 2.34. The summed E-state index contributed by atoms with van der Waals surface area (Å²) in [6, 6.07) is 16.8. The third-order valence-corrected chi connectivity index (χ3v) is 9.75. The lowest BCUT2D eigenvalue weighted by molar-refractivity contribution is -0.128. The summed E-state index contributed by atoms with van der Waals surface area (Å²) in [5, 5.41) is 6.71. The largest absolute Gasteiger partial charge is 0.487 e. The van der Waals surface area contributed by atoms with Crippen LogP contribution in [0.25, 0.3) is 10.8 Å². The number of amides is 2. The maximum atomic E-state index is 14.3. The average molecular weight is 668 g/mol. The molecule has 3 aromatic carbocycles. The molecular formula is C34H36F3N5O4S.